The van der Waals surface area contributed by atoms with Gasteiger partial charge in [0.2, 0.25) is 0 Å². The van der Waals surface area contributed by atoms with Crippen LogP contribution < -0.4 is 10.7 Å². The van der Waals surface area contributed by atoms with Crippen molar-refractivity contribution in [1.29, 1.82) is 0 Å². The van der Waals surface area contributed by atoms with Crippen molar-refractivity contribution in [3.8, 4) is 0 Å². The first kappa shape index (κ1) is 5.71. The fraction of sp³-hybridized carbons (Fsp3) is 0.375. The molecule has 52 valence electrons. The molecule has 0 radical (unpaired) electrons. The molecule has 0 N–H and O–H groups in total. The summed E-state index contributed by atoms with van der Waals surface area (Å²) in [4.78, 5) is 4.37. The van der Waals surface area contributed by atoms with E-state index in [9.17, 15) is 0 Å². The Kier molecular flexibility index (Phi) is 0.982. The summed E-state index contributed by atoms with van der Waals surface area (Å²) in [6, 6.07) is 0. The topological polar surface area (TPSA) is 17.8 Å². The third-order valence-electron chi connectivity index (χ3n) is 2.01. The molecule has 1 aromatic rings. The zero-order chi connectivity index (χ0) is 7.14. The summed E-state index contributed by atoms with van der Waals surface area (Å²) in [5, 5.41) is 2.43. The third kappa shape index (κ3) is 0.561. The lowest BCUT2D eigenvalue weighted by atomic mass is 10.5. The summed E-state index contributed by atoms with van der Waals surface area (Å²) in [5.74, 6) is 1.09. The highest BCUT2D eigenvalue weighted by Gasteiger charge is 2.00. The van der Waals surface area contributed by atoms with Gasteiger partial charge in [0.15, 0.2) is 0 Å². The molecule has 0 spiro atoms. The van der Waals surface area contributed by atoms with Crippen LogP contribution in [-0.4, -0.2) is 9.55 Å². The van der Waals surface area contributed by atoms with Crippen LogP contribution >= 0.6 is 0 Å². The van der Waals surface area contributed by atoms with E-state index in [-0.39, 0.29) is 0 Å². The lowest BCUT2D eigenvalue weighted by molar-refractivity contribution is 0.832. The van der Waals surface area contributed by atoms with E-state index in [0.29, 0.717) is 0 Å². The molecular weight excluding hydrogens is 124 g/mol. The van der Waals surface area contributed by atoms with Gasteiger partial charge in [-0.2, -0.15) is 0 Å². The van der Waals surface area contributed by atoms with Gasteiger partial charge in [-0.3, -0.25) is 0 Å². The van der Waals surface area contributed by atoms with Crippen LogP contribution in [0, 0.1) is 6.92 Å². The Morgan fingerprint density at radius 3 is 3.00 bits per heavy atom. The first-order valence-electron chi connectivity index (χ1n) is 3.49. The summed E-state index contributed by atoms with van der Waals surface area (Å²) in [6.07, 6.45) is 5.41. The summed E-state index contributed by atoms with van der Waals surface area (Å²) in [6.45, 7) is 2.03. The number of fused-ring (bicyclic) bond motifs is 1. The van der Waals surface area contributed by atoms with Crippen molar-refractivity contribution in [2.45, 2.75) is 13.3 Å². The highest BCUT2D eigenvalue weighted by molar-refractivity contribution is 5.42. The average Bonchev–Trinajstić information content (AvgIpc) is 2.41. The number of aryl methyl sites for hydroxylation is 1. The minimum absolute atomic E-state index is 1.05. The zero-order valence-electron chi connectivity index (χ0n) is 6.26. The maximum Gasteiger partial charge on any atom is 0.106 e. The van der Waals surface area contributed by atoms with Crippen molar-refractivity contribution in [2.24, 2.45) is 7.05 Å². The summed E-state index contributed by atoms with van der Waals surface area (Å²) >= 11 is 0. The van der Waals surface area contributed by atoms with E-state index < -0.39 is 0 Å². The molecule has 10 heavy (non-hydrogen) atoms. The van der Waals surface area contributed by atoms with Crippen LogP contribution in [-0.2, 0) is 7.05 Å². The van der Waals surface area contributed by atoms with Crippen molar-refractivity contribution >= 4 is 12.2 Å². The fourth-order valence-corrected chi connectivity index (χ4v) is 1.33. The van der Waals surface area contributed by atoms with E-state index in [4.69, 9.17) is 0 Å². The predicted octanol–water partition coefficient (Wildman–Crippen LogP) is -0.307. The molecule has 0 aromatic carbocycles. The lowest BCUT2D eigenvalue weighted by Gasteiger charge is -1.91. The van der Waals surface area contributed by atoms with Crippen LogP contribution in [0.15, 0.2) is 0 Å². The monoisotopic (exact) mass is 134 g/mol. The zero-order valence-corrected chi connectivity index (χ0v) is 6.26. The standard InChI is InChI=1S/C8H10N2/c1-6-9-7-4-3-5-8(7)10(6)2/h4-5H,3H2,1-2H3. The van der Waals surface area contributed by atoms with Crippen LogP contribution in [0.25, 0.3) is 12.2 Å². The van der Waals surface area contributed by atoms with E-state index in [1.54, 1.807) is 0 Å². The number of nitrogens with zero attached hydrogens (tertiary/aromatic N) is 2. The molecule has 2 rings (SSSR count). The van der Waals surface area contributed by atoms with E-state index in [1.165, 1.54) is 5.35 Å². The first-order chi connectivity index (χ1) is 4.79. The Morgan fingerprint density at radius 1 is 1.50 bits per heavy atom. The number of hydrogen-bond donors (Lipinski definition) is 0. The Bertz CT molecular complexity index is 371. The number of aromatic nitrogens is 2. The third-order valence-corrected chi connectivity index (χ3v) is 2.01. The second kappa shape index (κ2) is 1.72. The molecule has 2 heteroatoms. The second-order valence-electron chi connectivity index (χ2n) is 2.63. The molecular formula is C8H10N2. The predicted molar refractivity (Wildman–Crippen MR) is 40.7 cm³/mol. The minimum atomic E-state index is 1.05. The van der Waals surface area contributed by atoms with Crippen LogP contribution in [0.3, 0.4) is 0 Å². The highest BCUT2D eigenvalue weighted by atomic mass is 15.0. The van der Waals surface area contributed by atoms with Gasteiger partial charge in [-0.05, 0) is 13.3 Å². The van der Waals surface area contributed by atoms with Gasteiger partial charge in [0, 0.05) is 7.05 Å². The second-order valence-corrected chi connectivity index (χ2v) is 2.63. The van der Waals surface area contributed by atoms with Crippen LogP contribution in [0.5, 0.6) is 0 Å². The smallest absolute Gasteiger partial charge is 0.106 e. The lowest BCUT2D eigenvalue weighted by Crippen LogP contribution is -2.25. The average molecular weight is 134 g/mol. The highest BCUT2D eigenvalue weighted by Crippen LogP contribution is 1.89. The van der Waals surface area contributed by atoms with Gasteiger partial charge in [0.25, 0.3) is 0 Å². The van der Waals surface area contributed by atoms with Crippen molar-refractivity contribution < 1.29 is 0 Å². The van der Waals surface area contributed by atoms with Gasteiger partial charge in [-0.15, -0.1) is 0 Å². The van der Waals surface area contributed by atoms with Crippen LogP contribution in [0.2, 0.25) is 0 Å². The normalized spacial score (nSPS) is 14.2. The minimum Gasteiger partial charge on any atom is -0.332 e. The van der Waals surface area contributed by atoms with Gasteiger partial charge in [0.1, 0.15) is 5.82 Å². The van der Waals surface area contributed by atoms with Gasteiger partial charge in [-0.1, -0.05) is 12.2 Å². The largest absolute Gasteiger partial charge is 0.332 e. The fourth-order valence-electron chi connectivity index (χ4n) is 1.33. The maximum absolute atomic E-state index is 4.37. The van der Waals surface area contributed by atoms with Crippen LogP contribution in [0.1, 0.15) is 12.2 Å². The van der Waals surface area contributed by atoms with Crippen molar-refractivity contribution in [1.82, 2.24) is 9.55 Å². The van der Waals surface area contributed by atoms with Gasteiger partial charge >= 0.3 is 0 Å². The molecule has 1 aromatic heterocycles. The van der Waals surface area contributed by atoms with E-state index in [0.717, 1.165) is 17.6 Å². The number of imidazole rings is 1. The molecule has 1 aliphatic rings. The molecule has 0 bridgehead atoms. The summed E-state index contributed by atoms with van der Waals surface area (Å²) in [7, 11) is 2.05. The molecule has 2 nitrogen and oxygen atoms in total. The SMILES string of the molecule is Cc1nc2c(n1C)=CCC=2. The Balaban J connectivity index is 2.97. The Labute approximate surface area is 59.5 Å². The van der Waals surface area contributed by atoms with Crippen molar-refractivity contribution in [2.75, 3.05) is 0 Å². The first-order valence-corrected chi connectivity index (χ1v) is 3.49. The number of hydrogen-bond acceptors (Lipinski definition) is 1. The Morgan fingerprint density at radius 2 is 2.30 bits per heavy atom. The molecule has 1 heterocycles. The molecule has 0 fully saturated rings. The van der Waals surface area contributed by atoms with Crippen molar-refractivity contribution in [3.05, 3.63) is 16.5 Å². The Hall–Kier alpha value is -1.05. The quantitative estimate of drug-likeness (QED) is 0.476. The van der Waals surface area contributed by atoms with E-state index in [2.05, 4.69) is 28.8 Å². The van der Waals surface area contributed by atoms with Crippen molar-refractivity contribution in [3.63, 3.8) is 0 Å². The molecule has 0 saturated carbocycles. The molecule has 0 atom stereocenters. The molecule has 0 unspecified atom stereocenters. The van der Waals surface area contributed by atoms with Gasteiger partial charge in [-0.25, -0.2) is 4.98 Å². The van der Waals surface area contributed by atoms with E-state index >= 15 is 0 Å². The number of rotatable bonds is 0. The molecule has 0 saturated heterocycles. The summed E-state index contributed by atoms with van der Waals surface area (Å²) < 4.78 is 2.12. The molecule has 0 aliphatic heterocycles. The molecule has 0 amide bonds. The van der Waals surface area contributed by atoms with Crippen LogP contribution in [0.4, 0.5) is 0 Å². The van der Waals surface area contributed by atoms with Gasteiger partial charge in [0.05, 0.1) is 10.7 Å². The summed E-state index contributed by atoms with van der Waals surface area (Å²) in [5.41, 5.74) is 0. The van der Waals surface area contributed by atoms with E-state index in [1.807, 2.05) is 6.92 Å². The van der Waals surface area contributed by atoms with Gasteiger partial charge < -0.3 is 4.57 Å². The molecule has 1 aliphatic carbocycles. The maximum atomic E-state index is 4.37.